The maximum absolute atomic E-state index is 12.2. The van der Waals surface area contributed by atoms with Gasteiger partial charge in [0.05, 0.1) is 13.2 Å². The number of carbonyl (C=O) groups is 1. The molecule has 27 heavy (non-hydrogen) atoms. The average Bonchev–Trinajstić information content (AvgIpc) is 3.12. The summed E-state index contributed by atoms with van der Waals surface area (Å²) in [7, 11) is 0. The Kier molecular flexibility index (Phi) is 7.40. The number of ether oxygens (including phenoxy) is 1. The number of rotatable bonds is 4. The van der Waals surface area contributed by atoms with E-state index >= 15 is 0 Å². The van der Waals surface area contributed by atoms with Gasteiger partial charge in [-0.3, -0.25) is 9.69 Å². The molecule has 0 amide bonds. The van der Waals surface area contributed by atoms with Crippen LogP contribution in [-0.4, -0.2) is 41.4 Å². The van der Waals surface area contributed by atoms with Gasteiger partial charge in [-0.2, -0.15) is 0 Å². The summed E-state index contributed by atoms with van der Waals surface area (Å²) in [6.45, 7) is 17.5. The van der Waals surface area contributed by atoms with Crippen LogP contribution in [0.25, 0.3) is 11.1 Å². The van der Waals surface area contributed by atoms with Gasteiger partial charge in [-0.25, -0.2) is 0 Å². The Morgan fingerprint density at radius 1 is 1.19 bits per heavy atom. The molecular weight excluding hydrogens is 336 g/mol. The summed E-state index contributed by atoms with van der Waals surface area (Å²) in [6, 6.07) is 4.44. The molecule has 4 nitrogen and oxygen atoms in total. The van der Waals surface area contributed by atoms with Crippen LogP contribution < -0.4 is 0 Å². The molecule has 4 heteroatoms. The third-order valence-corrected chi connectivity index (χ3v) is 5.45. The van der Waals surface area contributed by atoms with Gasteiger partial charge in [0.2, 0.25) is 0 Å². The highest BCUT2D eigenvalue weighted by Crippen LogP contribution is 2.31. The lowest BCUT2D eigenvalue weighted by atomic mass is 9.99. The van der Waals surface area contributed by atoms with Crippen molar-refractivity contribution in [2.45, 2.75) is 54.5 Å². The normalized spacial score (nSPS) is 16.8. The Balaban J connectivity index is 0.00000126. The first kappa shape index (κ1) is 21.4. The van der Waals surface area contributed by atoms with E-state index in [-0.39, 0.29) is 11.8 Å². The van der Waals surface area contributed by atoms with Gasteiger partial charge in [-0.05, 0) is 63.5 Å². The van der Waals surface area contributed by atoms with E-state index in [1.54, 1.807) is 6.92 Å². The number of fused-ring (bicyclic) bond motifs is 1. The second kappa shape index (κ2) is 9.34. The zero-order valence-electron chi connectivity index (χ0n) is 17.9. The molecular formula is C23H34N2O2. The number of morpholine rings is 1. The molecule has 2 aromatic rings. The van der Waals surface area contributed by atoms with Crippen molar-refractivity contribution in [1.82, 2.24) is 9.30 Å². The van der Waals surface area contributed by atoms with Crippen LogP contribution in [0.4, 0.5) is 0 Å². The van der Waals surface area contributed by atoms with E-state index in [2.05, 4.69) is 55.3 Å². The molecule has 1 fully saturated rings. The van der Waals surface area contributed by atoms with E-state index in [0.29, 0.717) is 0 Å². The molecule has 1 aliphatic rings. The van der Waals surface area contributed by atoms with Crippen molar-refractivity contribution >= 4 is 16.9 Å². The van der Waals surface area contributed by atoms with E-state index in [0.717, 1.165) is 42.9 Å². The lowest BCUT2D eigenvalue weighted by Gasteiger charge is -2.34. The van der Waals surface area contributed by atoms with Crippen LogP contribution in [0.3, 0.4) is 0 Å². The predicted molar refractivity (Wildman–Crippen MR) is 114 cm³/mol. The van der Waals surface area contributed by atoms with Crippen LogP contribution in [0.1, 0.15) is 74.8 Å². The van der Waals surface area contributed by atoms with Crippen LogP contribution in [0.5, 0.6) is 0 Å². The molecule has 3 rings (SSSR count). The summed E-state index contributed by atoms with van der Waals surface area (Å²) in [4.78, 5) is 14.6. The number of aromatic nitrogens is 1. The number of pyridine rings is 1. The van der Waals surface area contributed by atoms with Crippen molar-refractivity contribution < 1.29 is 9.53 Å². The highest BCUT2D eigenvalue weighted by atomic mass is 16.5. The maximum atomic E-state index is 12.2. The lowest BCUT2D eigenvalue weighted by molar-refractivity contribution is 0.0187. The highest BCUT2D eigenvalue weighted by Gasteiger charge is 2.24. The van der Waals surface area contributed by atoms with Gasteiger partial charge in [0.15, 0.2) is 5.78 Å². The van der Waals surface area contributed by atoms with Gasteiger partial charge in [0.25, 0.3) is 0 Å². The molecule has 1 unspecified atom stereocenters. The smallest absolute Gasteiger partial charge is 0.160 e. The number of Topliss-reactive ketones (excluding diaryl/α,β-unsaturated/α-hetero) is 1. The summed E-state index contributed by atoms with van der Waals surface area (Å²) in [6.07, 6.45) is 4.33. The Morgan fingerprint density at radius 3 is 2.37 bits per heavy atom. The SMILES string of the molecule is C/C=C(\C)c1cc2cc(C(C)=O)c(C)c(C(C)N3CCOCC3)n2c1.CC. The summed E-state index contributed by atoms with van der Waals surface area (Å²) in [5.74, 6) is 0.126. The van der Waals surface area contributed by atoms with E-state index in [9.17, 15) is 4.79 Å². The molecule has 0 aliphatic carbocycles. The summed E-state index contributed by atoms with van der Waals surface area (Å²) >= 11 is 0. The zero-order valence-corrected chi connectivity index (χ0v) is 17.9. The topological polar surface area (TPSA) is 34.0 Å². The fourth-order valence-electron chi connectivity index (χ4n) is 3.77. The van der Waals surface area contributed by atoms with E-state index in [4.69, 9.17) is 4.74 Å². The van der Waals surface area contributed by atoms with Gasteiger partial charge >= 0.3 is 0 Å². The second-order valence-corrected chi connectivity index (χ2v) is 6.94. The van der Waals surface area contributed by atoms with Crippen LogP contribution in [-0.2, 0) is 4.74 Å². The first-order chi connectivity index (χ1) is 12.9. The van der Waals surface area contributed by atoms with Crippen molar-refractivity contribution in [3.63, 3.8) is 0 Å². The summed E-state index contributed by atoms with van der Waals surface area (Å²) < 4.78 is 7.77. The minimum absolute atomic E-state index is 0.126. The fourth-order valence-corrected chi connectivity index (χ4v) is 3.77. The molecule has 1 saturated heterocycles. The van der Waals surface area contributed by atoms with Crippen molar-refractivity contribution in [1.29, 1.82) is 0 Å². The first-order valence-corrected chi connectivity index (χ1v) is 10.1. The van der Waals surface area contributed by atoms with Gasteiger partial charge in [0.1, 0.15) is 0 Å². The molecule has 0 aromatic carbocycles. The molecule has 0 radical (unpaired) electrons. The largest absolute Gasteiger partial charge is 0.379 e. The van der Waals surface area contributed by atoms with Gasteiger partial charge in [-0.15, -0.1) is 0 Å². The fraction of sp³-hybridized carbons (Fsp3) is 0.522. The Morgan fingerprint density at radius 2 is 1.81 bits per heavy atom. The monoisotopic (exact) mass is 370 g/mol. The lowest BCUT2D eigenvalue weighted by Crippen LogP contribution is -2.39. The third-order valence-electron chi connectivity index (χ3n) is 5.45. The number of carbonyl (C=O) groups excluding carboxylic acids is 1. The maximum Gasteiger partial charge on any atom is 0.160 e. The molecule has 3 heterocycles. The Labute approximate surface area is 163 Å². The highest BCUT2D eigenvalue weighted by molar-refractivity contribution is 5.97. The number of hydrogen-bond donors (Lipinski definition) is 0. The zero-order chi connectivity index (χ0) is 20.1. The second-order valence-electron chi connectivity index (χ2n) is 6.94. The average molecular weight is 371 g/mol. The minimum atomic E-state index is 0.126. The predicted octanol–water partition coefficient (Wildman–Crippen LogP) is 5.29. The minimum Gasteiger partial charge on any atom is -0.379 e. The van der Waals surface area contributed by atoms with Crippen LogP contribution in [0.2, 0.25) is 0 Å². The number of allylic oxidation sites excluding steroid dienone is 2. The van der Waals surface area contributed by atoms with Crippen molar-refractivity contribution in [3.8, 4) is 0 Å². The van der Waals surface area contributed by atoms with E-state index in [1.807, 2.05) is 19.9 Å². The molecule has 148 valence electrons. The van der Waals surface area contributed by atoms with Crippen molar-refractivity contribution in [2.75, 3.05) is 26.3 Å². The van der Waals surface area contributed by atoms with Gasteiger partial charge in [0, 0.05) is 42.1 Å². The van der Waals surface area contributed by atoms with Gasteiger partial charge < -0.3 is 9.14 Å². The molecule has 0 spiro atoms. The number of hydrogen-bond acceptors (Lipinski definition) is 3. The first-order valence-electron chi connectivity index (χ1n) is 10.1. The molecule has 1 aliphatic heterocycles. The van der Waals surface area contributed by atoms with Crippen LogP contribution in [0.15, 0.2) is 24.4 Å². The van der Waals surface area contributed by atoms with Gasteiger partial charge in [-0.1, -0.05) is 19.9 Å². The Hall–Kier alpha value is -1.91. The summed E-state index contributed by atoms with van der Waals surface area (Å²) in [5, 5.41) is 0. The molecule has 1 atom stereocenters. The van der Waals surface area contributed by atoms with Crippen LogP contribution in [0, 0.1) is 6.92 Å². The standard InChI is InChI=1S/C21H28N2O2.C2H6/c1-6-14(2)18-11-19-12-20(17(5)24)15(3)21(23(19)13-18)16(4)22-7-9-25-10-8-22;1-2/h6,11-13,16H,7-10H2,1-5H3;1-2H3/b14-6+;. The number of nitrogens with zero attached hydrogens (tertiary/aromatic N) is 2. The molecule has 2 aromatic heterocycles. The molecule has 0 bridgehead atoms. The van der Waals surface area contributed by atoms with Crippen molar-refractivity contribution in [3.05, 3.63) is 46.8 Å². The quantitative estimate of drug-likeness (QED) is 0.686. The Bertz CT molecular complexity index is 827. The van der Waals surface area contributed by atoms with Crippen LogP contribution >= 0.6 is 0 Å². The molecule has 0 saturated carbocycles. The number of ketones is 1. The van der Waals surface area contributed by atoms with E-state index in [1.165, 1.54) is 16.8 Å². The van der Waals surface area contributed by atoms with Crippen molar-refractivity contribution in [2.24, 2.45) is 0 Å². The third kappa shape index (κ3) is 4.33. The summed E-state index contributed by atoms with van der Waals surface area (Å²) in [5.41, 5.74) is 6.65. The van der Waals surface area contributed by atoms with E-state index < -0.39 is 0 Å². The molecule has 0 N–H and O–H groups in total.